The molecule has 1 aromatic heterocycles. The molecule has 158 valence electrons. The molecule has 0 radical (unpaired) electrons. The molecule has 1 saturated heterocycles. The van der Waals surface area contributed by atoms with Gasteiger partial charge in [0.2, 0.25) is 5.91 Å². The molecule has 0 saturated carbocycles. The van der Waals surface area contributed by atoms with Crippen molar-refractivity contribution in [3.05, 3.63) is 15.6 Å². The molecular formula is C20H34IN5OS. The highest BCUT2D eigenvalue weighted by molar-refractivity contribution is 14.0. The van der Waals surface area contributed by atoms with E-state index in [1.165, 1.54) is 34.8 Å². The Hall–Kier alpha value is -0.900. The van der Waals surface area contributed by atoms with Crippen molar-refractivity contribution in [2.24, 2.45) is 16.6 Å². The molecule has 8 heteroatoms. The zero-order chi connectivity index (χ0) is 19.1. The third-order valence-electron chi connectivity index (χ3n) is 5.34. The summed E-state index contributed by atoms with van der Waals surface area (Å²) in [6.45, 7) is 5.63. The van der Waals surface area contributed by atoms with Crippen LogP contribution in [0.4, 0.5) is 0 Å². The van der Waals surface area contributed by atoms with Crippen molar-refractivity contribution in [1.29, 1.82) is 0 Å². The number of thiazole rings is 1. The Bertz CT molecular complexity index is 640. The number of aryl methyl sites for hydroxylation is 3. The highest BCUT2D eigenvalue weighted by atomic mass is 127. The molecule has 6 nitrogen and oxygen atoms in total. The monoisotopic (exact) mass is 519 g/mol. The van der Waals surface area contributed by atoms with Gasteiger partial charge in [-0.2, -0.15) is 0 Å². The fraction of sp³-hybridized carbons (Fsp3) is 0.750. The van der Waals surface area contributed by atoms with E-state index in [0.29, 0.717) is 12.3 Å². The van der Waals surface area contributed by atoms with Crippen molar-refractivity contribution in [3.8, 4) is 0 Å². The molecule has 1 atom stereocenters. The summed E-state index contributed by atoms with van der Waals surface area (Å²) in [6.07, 6.45) is 9.68. The Labute approximate surface area is 189 Å². The van der Waals surface area contributed by atoms with Crippen LogP contribution in [0, 0.1) is 5.92 Å². The van der Waals surface area contributed by atoms with Gasteiger partial charge in [-0.15, -0.1) is 35.3 Å². The summed E-state index contributed by atoms with van der Waals surface area (Å²) in [6, 6.07) is 0. The maximum atomic E-state index is 11.2. The predicted molar refractivity (Wildman–Crippen MR) is 127 cm³/mol. The first-order chi connectivity index (χ1) is 13.2. The summed E-state index contributed by atoms with van der Waals surface area (Å²) in [5, 5.41) is 4.69. The Kier molecular flexibility index (Phi) is 9.98. The number of likely N-dealkylation sites (tertiary alicyclic amines) is 1. The maximum absolute atomic E-state index is 11.2. The number of fused-ring (bicyclic) bond motifs is 1. The third-order valence-corrected chi connectivity index (χ3v) is 6.56. The molecule has 1 aliphatic heterocycles. The van der Waals surface area contributed by atoms with Gasteiger partial charge in [-0.1, -0.05) is 0 Å². The SMILES string of the molecule is CCNC(=NCCCc1nc2c(s1)CCCC2)N1CCCC(CC(N)=O)C1.I. The predicted octanol–water partition coefficient (Wildman–Crippen LogP) is 3.13. The second kappa shape index (κ2) is 11.9. The van der Waals surface area contributed by atoms with Crippen molar-refractivity contribution < 1.29 is 4.79 Å². The molecule has 2 heterocycles. The lowest BCUT2D eigenvalue weighted by Gasteiger charge is -2.34. The van der Waals surface area contributed by atoms with Crippen molar-refractivity contribution in [1.82, 2.24) is 15.2 Å². The number of carbonyl (C=O) groups excluding carboxylic acids is 1. The van der Waals surface area contributed by atoms with Crippen LogP contribution >= 0.6 is 35.3 Å². The molecule has 1 aromatic rings. The standard InChI is InChI=1S/C20H33N5OS.HI/c1-2-22-20(25-12-6-7-15(14-25)13-18(21)26)23-11-5-10-19-24-16-8-3-4-9-17(16)27-19;/h15H,2-14H2,1H3,(H2,21,26)(H,22,23);1H. The van der Waals surface area contributed by atoms with Crippen LogP contribution in [0.2, 0.25) is 0 Å². The summed E-state index contributed by atoms with van der Waals surface area (Å²) in [4.78, 5) is 24.7. The smallest absolute Gasteiger partial charge is 0.217 e. The van der Waals surface area contributed by atoms with Crippen LogP contribution in [0.5, 0.6) is 0 Å². The normalized spacial score (nSPS) is 19.7. The average Bonchev–Trinajstić information content (AvgIpc) is 3.07. The van der Waals surface area contributed by atoms with Crippen molar-refractivity contribution in [3.63, 3.8) is 0 Å². The number of amides is 1. The minimum Gasteiger partial charge on any atom is -0.370 e. The van der Waals surface area contributed by atoms with Gasteiger partial charge < -0.3 is 16.0 Å². The molecule has 3 N–H and O–H groups in total. The fourth-order valence-electron chi connectivity index (χ4n) is 4.06. The van der Waals surface area contributed by atoms with Crippen LogP contribution in [0.15, 0.2) is 4.99 Å². The van der Waals surface area contributed by atoms with Crippen LogP contribution in [0.25, 0.3) is 0 Å². The van der Waals surface area contributed by atoms with Gasteiger partial charge in [-0.25, -0.2) is 4.98 Å². The van der Waals surface area contributed by atoms with E-state index in [0.717, 1.165) is 64.2 Å². The number of primary amides is 1. The summed E-state index contributed by atoms with van der Waals surface area (Å²) in [7, 11) is 0. The number of nitrogens with one attached hydrogen (secondary N) is 1. The number of halogens is 1. The lowest BCUT2D eigenvalue weighted by molar-refractivity contribution is -0.119. The van der Waals surface area contributed by atoms with Crippen molar-refractivity contribution >= 4 is 47.2 Å². The molecule has 2 aliphatic rings. The molecular weight excluding hydrogens is 485 g/mol. The highest BCUT2D eigenvalue weighted by Crippen LogP contribution is 2.27. The number of nitrogens with zero attached hydrogens (tertiary/aromatic N) is 3. The zero-order valence-corrected chi connectivity index (χ0v) is 20.1. The molecule has 1 amide bonds. The number of aromatic nitrogens is 1. The molecule has 28 heavy (non-hydrogen) atoms. The van der Waals surface area contributed by atoms with E-state index in [4.69, 9.17) is 15.7 Å². The summed E-state index contributed by atoms with van der Waals surface area (Å²) >= 11 is 1.91. The van der Waals surface area contributed by atoms with Gasteiger partial charge in [0.1, 0.15) is 0 Å². The van der Waals surface area contributed by atoms with Crippen molar-refractivity contribution in [2.75, 3.05) is 26.2 Å². The Balaban J connectivity index is 0.00000280. The van der Waals surface area contributed by atoms with E-state index in [2.05, 4.69) is 17.1 Å². The quantitative estimate of drug-likeness (QED) is 0.251. The molecule has 0 bridgehead atoms. The minimum atomic E-state index is -0.199. The summed E-state index contributed by atoms with van der Waals surface area (Å²) in [5.41, 5.74) is 6.74. The summed E-state index contributed by atoms with van der Waals surface area (Å²) in [5.74, 6) is 1.13. The van der Waals surface area contributed by atoms with Gasteiger partial charge in [0.05, 0.1) is 10.7 Å². The number of aliphatic imine (C=N–C) groups is 1. The van der Waals surface area contributed by atoms with Crippen LogP contribution in [-0.2, 0) is 24.1 Å². The lowest BCUT2D eigenvalue weighted by Crippen LogP contribution is -2.47. The number of nitrogens with two attached hydrogens (primary N) is 1. The minimum absolute atomic E-state index is 0. The molecule has 1 fully saturated rings. The average molecular weight is 519 g/mol. The molecule has 1 unspecified atom stereocenters. The summed E-state index contributed by atoms with van der Waals surface area (Å²) < 4.78 is 0. The van der Waals surface area contributed by atoms with Crippen LogP contribution < -0.4 is 11.1 Å². The van der Waals surface area contributed by atoms with Crippen LogP contribution in [-0.4, -0.2) is 47.9 Å². The number of piperidine rings is 1. The van der Waals surface area contributed by atoms with E-state index in [1.54, 1.807) is 0 Å². The highest BCUT2D eigenvalue weighted by Gasteiger charge is 2.23. The van der Waals surface area contributed by atoms with E-state index in [-0.39, 0.29) is 29.9 Å². The number of rotatable bonds is 7. The van der Waals surface area contributed by atoms with Crippen LogP contribution in [0.1, 0.15) is 61.0 Å². The van der Waals surface area contributed by atoms with Gasteiger partial charge in [0.25, 0.3) is 0 Å². The second-order valence-corrected chi connectivity index (χ2v) is 8.82. The third kappa shape index (κ3) is 6.86. The maximum Gasteiger partial charge on any atom is 0.217 e. The number of guanidine groups is 1. The molecule has 0 aromatic carbocycles. The van der Waals surface area contributed by atoms with Crippen LogP contribution in [0.3, 0.4) is 0 Å². The van der Waals surface area contributed by atoms with Gasteiger partial charge in [0.15, 0.2) is 5.96 Å². The van der Waals surface area contributed by atoms with Gasteiger partial charge in [-0.05, 0) is 57.8 Å². The Morgan fingerprint density at radius 1 is 1.36 bits per heavy atom. The number of hydrogen-bond donors (Lipinski definition) is 2. The first-order valence-corrected chi connectivity index (χ1v) is 11.3. The molecule has 1 aliphatic carbocycles. The van der Waals surface area contributed by atoms with Crippen molar-refractivity contribution in [2.45, 2.75) is 64.7 Å². The largest absolute Gasteiger partial charge is 0.370 e. The molecule has 0 spiro atoms. The van der Waals surface area contributed by atoms with E-state index in [9.17, 15) is 4.79 Å². The Morgan fingerprint density at radius 2 is 2.18 bits per heavy atom. The van der Waals surface area contributed by atoms with Gasteiger partial charge in [0, 0.05) is 43.9 Å². The first kappa shape index (κ1) is 23.4. The second-order valence-electron chi connectivity index (χ2n) is 7.65. The van der Waals surface area contributed by atoms with E-state index < -0.39 is 0 Å². The fourth-order valence-corrected chi connectivity index (χ4v) is 5.26. The zero-order valence-electron chi connectivity index (χ0n) is 16.9. The van der Waals surface area contributed by atoms with Gasteiger partial charge >= 0.3 is 0 Å². The number of hydrogen-bond acceptors (Lipinski definition) is 4. The molecule has 3 rings (SSSR count). The first-order valence-electron chi connectivity index (χ1n) is 10.4. The number of carbonyl (C=O) groups is 1. The lowest BCUT2D eigenvalue weighted by atomic mass is 9.95. The van der Waals surface area contributed by atoms with Gasteiger partial charge in [-0.3, -0.25) is 9.79 Å². The Morgan fingerprint density at radius 3 is 2.93 bits per heavy atom. The topological polar surface area (TPSA) is 83.6 Å². The van der Waals surface area contributed by atoms with E-state index >= 15 is 0 Å². The van der Waals surface area contributed by atoms with E-state index in [1.807, 2.05) is 11.3 Å².